The van der Waals surface area contributed by atoms with Gasteiger partial charge in [-0.05, 0) is 41.3 Å². The number of carbonyl (C=O) groups excluding carboxylic acids is 1. The number of nitrogens with two attached hydrogens (primary N) is 3. The maximum atomic E-state index is 13.0. The van der Waals surface area contributed by atoms with E-state index in [1.807, 2.05) is 27.8 Å². The number of benzene rings is 2. The summed E-state index contributed by atoms with van der Waals surface area (Å²) in [6, 6.07) is 12.0. The predicted octanol–water partition coefficient (Wildman–Crippen LogP) is 2.18. The molecule has 17 nitrogen and oxygen atoms in total. The van der Waals surface area contributed by atoms with E-state index in [-0.39, 0.29) is 11.9 Å². The van der Waals surface area contributed by atoms with Gasteiger partial charge in [0, 0.05) is 25.2 Å². The molecule has 1 aliphatic rings. The van der Waals surface area contributed by atoms with Gasteiger partial charge in [-0.25, -0.2) is 14.6 Å². The molecule has 4 heterocycles. The zero-order chi connectivity index (χ0) is 37.5. The third-order valence-electron chi connectivity index (χ3n) is 8.79. The fraction of sp³-hybridized carbons (Fsp3) is 0.486. The van der Waals surface area contributed by atoms with E-state index in [0.717, 1.165) is 23.1 Å². The molecule has 0 saturated heterocycles. The van der Waals surface area contributed by atoms with Crippen molar-refractivity contribution in [3.05, 3.63) is 59.4 Å². The van der Waals surface area contributed by atoms with Gasteiger partial charge in [0.05, 0.1) is 97.6 Å². The summed E-state index contributed by atoms with van der Waals surface area (Å²) in [5, 5.41) is 5.58. The van der Waals surface area contributed by atoms with Crippen molar-refractivity contribution in [2.75, 3.05) is 104 Å². The van der Waals surface area contributed by atoms with E-state index < -0.39 is 0 Å². The van der Waals surface area contributed by atoms with Gasteiger partial charge in [0.15, 0.2) is 11.2 Å². The van der Waals surface area contributed by atoms with E-state index in [2.05, 4.69) is 33.2 Å². The molecule has 0 bridgehead atoms. The van der Waals surface area contributed by atoms with Crippen LogP contribution in [0.3, 0.4) is 0 Å². The largest absolute Gasteiger partial charge is 0.424 e. The molecular formula is C37H49N9O8. The number of oxazole rings is 1. The molecule has 0 aliphatic carbocycles. The van der Waals surface area contributed by atoms with Crippen molar-refractivity contribution in [2.24, 2.45) is 5.73 Å². The summed E-state index contributed by atoms with van der Waals surface area (Å²) >= 11 is 0. The van der Waals surface area contributed by atoms with Gasteiger partial charge < -0.3 is 54.9 Å². The van der Waals surface area contributed by atoms with Crippen molar-refractivity contribution < 1.29 is 37.6 Å². The lowest BCUT2D eigenvalue weighted by atomic mass is 9.97. The highest BCUT2D eigenvalue weighted by Crippen LogP contribution is 2.33. The summed E-state index contributed by atoms with van der Waals surface area (Å²) in [5.74, 6) is 0.415. The van der Waals surface area contributed by atoms with Gasteiger partial charge in [0.25, 0.3) is 6.01 Å². The number of nitrogens with zero attached hydrogens (tertiary/aromatic N) is 6. The van der Waals surface area contributed by atoms with Crippen LogP contribution in [0.15, 0.2) is 47.1 Å². The zero-order valence-corrected chi connectivity index (χ0v) is 30.5. The average molecular weight is 748 g/mol. The number of ether oxygens (including phenoxy) is 6. The first-order chi connectivity index (χ1) is 26.5. The Bertz CT molecular complexity index is 1950. The second kappa shape index (κ2) is 20.1. The highest BCUT2D eigenvalue weighted by Gasteiger charge is 2.22. The van der Waals surface area contributed by atoms with Crippen LogP contribution in [0.5, 0.6) is 0 Å². The van der Waals surface area contributed by atoms with E-state index >= 15 is 0 Å². The molecule has 0 saturated carbocycles. The van der Waals surface area contributed by atoms with Crippen LogP contribution in [-0.4, -0.2) is 128 Å². The molecule has 6 N–H and O–H groups in total. The maximum absolute atomic E-state index is 13.0. The molecule has 54 heavy (non-hydrogen) atoms. The van der Waals surface area contributed by atoms with Crippen LogP contribution in [0.1, 0.15) is 23.1 Å². The quantitative estimate of drug-likeness (QED) is 0.0815. The Labute approximate surface area is 313 Å². The molecule has 5 aromatic rings. The van der Waals surface area contributed by atoms with Crippen molar-refractivity contribution in [3.8, 4) is 11.3 Å². The summed E-state index contributed by atoms with van der Waals surface area (Å²) in [7, 11) is 0. The van der Waals surface area contributed by atoms with E-state index in [1.165, 1.54) is 11.9 Å². The second-order valence-corrected chi connectivity index (χ2v) is 12.6. The van der Waals surface area contributed by atoms with Gasteiger partial charge in [-0.2, -0.15) is 10.1 Å². The van der Waals surface area contributed by atoms with Crippen molar-refractivity contribution in [2.45, 2.75) is 25.9 Å². The van der Waals surface area contributed by atoms with Crippen LogP contribution in [0.2, 0.25) is 0 Å². The van der Waals surface area contributed by atoms with Gasteiger partial charge in [0.1, 0.15) is 23.4 Å². The van der Waals surface area contributed by atoms with Gasteiger partial charge in [0.2, 0.25) is 5.91 Å². The highest BCUT2D eigenvalue weighted by atomic mass is 16.6. The Hall–Kier alpha value is -4.75. The standard InChI is InChI=1S/C37H49N9O8/c38-7-10-49-12-14-51-16-18-53-20-19-52-17-15-50-13-11-48-9-6-32(47)45-8-5-27-21-26(1-2-29(27)24-45)23-46-36-33(35(39)41-25-42-36)34(44-46)28-3-4-31-30(22-28)43-37(40)54-31/h1-4,21-22,25H,5-20,23-24,38H2,(H2,40,43)(H2,39,41,42). The topological polar surface area (TPSA) is 223 Å². The number of hydrogen-bond donors (Lipinski definition) is 3. The van der Waals surface area contributed by atoms with Crippen molar-refractivity contribution in [1.82, 2.24) is 29.6 Å². The van der Waals surface area contributed by atoms with Crippen LogP contribution in [0, 0.1) is 0 Å². The Kier molecular flexibility index (Phi) is 14.5. The third kappa shape index (κ3) is 10.7. The molecule has 290 valence electrons. The molecule has 2 aromatic carbocycles. The number of hydrogen-bond acceptors (Lipinski definition) is 15. The molecule has 0 unspecified atom stereocenters. The van der Waals surface area contributed by atoms with E-state index in [0.29, 0.717) is 146 Å². The first-order valence-electron chi connectivity index (χ1n) is 18.2. The third-order valence-corrected chi connectivity index (χ3v) is 8.79. The van der Waals surface area contributed by atoms with Gasteiger partial charge >= 0.3 is 0 Å². The lowest BCUT2D eigenvalue weighted by Gasteiger charge is -2.29. The van der Waals surface area contributed by atoms with Crippen molar-refractivity contribution in [3.63, 3.8) is 0 Å². The monoisotopic (exact) mass is 747 g/mol. The van der Waals surface area contributed by atoms with E-state index in [9.17, 15) is 4.79 Å². The molecule has 3 aromatic heterocycles. The Morgan fingerprint density at radius 2 is 1.44 bits per heavy atom. The van der Waals surface area contributed by atoms with Gasteiger partial charge in [-0.1, -0.05) is 18.2 Å². The van der Waals surface area contributed by atoms with E-state index in [1.54, 1.807) is 0 Å². The normalized spacial score (nSPS) is 12.9. The first kappa shape index (κ1) is 39.0. The molecule has 1 amide bonds. The molecule has 6 rings (SSSR count). The molecule has 0 atom stereocenters. The van der Waals surface area contributed by atoms with Crippen LogP contribution < -0.4 is 17.2 Å². The average Bonchev–Trinajstić information content (AvgIpc) is 3.75. The lowest BCUT2D eigenvalue weighted by Crippen LogP contribution is -2.36. The number of aromatic nitrogens is 5. The summed E-state index contributed by atoms with van der Waals surface area (Å²) in [6.07, 6.45) is 2.53. The first-order valence-corrected chi connectivity index (χ1v) is 18.2. The number of fused-ring (bicyclic) bond motifs is 3. The minimum atomic E-state index is 0.0728. The predicted molar refractivity (Wildman–Crippen MR) is 200 cm³/mol. The summed E-state index contributed by atoms with van der Waals surface area (Å²) in [5.41, 5.74) is 24.1. The number of nitrogen functional groups attached to an aromatic ring is 2. The number of carbonyl (C=O) groups is 1. The number of amides is 1. The summed E-state index contributed by atoms with van der Waals surface area (Å²) < 4.78 is 40.0. The SMILES string of the molecule is NCCOCCOCCOCCOCCOCCOCCC(=O)N1CCc2cc(Cn3nc(-c4ccc5oc(N)nc5c4)c4c(N)ncnc43)ccc2C1. The summed E-state index contributed by atoms with van der Waals surface area (Å²) in [4.78, 5) is 27.9. The smallest absolute Gasteiger partial charge is 0.292 e. The molecule has 0 fully saturated rings. The maximum Gasteiger partial charge on any atom is 0.292 e. The van der Waals surface area contributed by atoms with E-state index in [4.69, 9.17) is 55.1 Å². The van der Waals surface area contributed by atoms with Crippen LogP contribution in [0.4, 0.5) is 11.8 Å². The molecule has 0 radical (unpaired) electrons. The molecule has 1 aliphatic heterocycles. The van der Waals surface area contributed by atoms with Crippen LogP contribution >= 0.6 is 0 Å². The Balaban J connectivity index is 0.875. The molecular weight excluding hydrogens is 698 g/mol. The number of rotatable bonds is 23. The van der Waals surface area contributed by atoms with Gasteiger partial charge in [-0.3, -0.25) is 4.79 Å². The zero-order valence-electron chi connectivity index (χ0n) is 30.5. The van der Waals surface area contributed by atoms with Crippen LogP contribution in [0.25, 0.3) is 33.4 Å². The minimum Gasteiger partial charge on any atom is -0.424 e. The van der Waals surface area contributed by atoms with Crippen molar-refractivity contribution in [1.29, 1.82) is 0 Å². The van der Waals surface area contributed by atoms with Crippen molar-refractivity contribution >= 4 is 39.9 Å². The second-order valence-electron chi connectivity index (χ2n) is 12.6. The minimum absolute atomic E-state index is 0.0728. The Morgan fingerprint density at radius 3 is 2.13 bits per heavy atom. The Morgan fingerprint density at radius 1 is 0.778 bits per heavy atom. The molecule has 0 spiro atoms. The van der Waals surface area contributed by atoms with Crippen LogP contribution in [-0.2, 0) is 52.7 Å². The fourth-order valence-electron chi connectivity index (χ4n) is 6.13. The summed E-state index contributed by atoms with van der Waals surface area (Å²) in [6.45, 7) is 7.94. The van der Waals surface area contributed by atoms with Gasteiger partial charge in [-0.15, -0.1) is 0 Å². The molecule has 17 heteroatoms. The fourth-order valence-corrected chi connectivity index (χ4v) is 6.13. The highest BCUT2D eigenvalue weighted by molar-refractivity contribution is 5.99. The number of anilines is 2. The lowest BCUT2D eigenvalue weighted by molar-refractivity contribution is -0.133.